The minimum atomic E-state index is -0.0995. The van der Waals surface area contributed by atoms with Gasteiger partial charge in [-0.15, -0.1) is 0 Å². The Kier molecular flexibility index (Phi) is 5.03. The van der Waals surface area contributed by atoms with E-state index < -0.39 is 0 Å². The van der Waals surface area contributed by atoms with E-state index in [2.05, 4.69) is 30.9 Å². The maximum absolute atomic E-state index is 11.1. The van der Waals surface area contributed by atoms with Gasteiger partial charge in [-0.05, 0) is 55.5 Å². The van der Waals surface area contributed by atoms with E-state index in [1.54, 1.807) is 12.4 Å². The Hall–Kier alpha value is -4.00. The molecule has 0 saturated heterocycles. The first-order valence-electron chi connectivity index (χ1n) is 9.17. The summed E-state index contributed by atoms with van der Waals surface area (Å²) in [6.45, 7) is 3.43. The summed E-state index contributed by atoms with van der Waals surface area (Å²) in [6.07, 6.45) is 3.55. The van der Waals surface area contributed by atoms with Crippen LogP contribution in [0.25, 0.3) is 10.9 Å². The molecule has 0 fully saturated rings. The zero-order chi connectivity index (χ0) is 20.2. The number of anilines is 5. The lowest BCUT2D eigenvalue weighted by Crippen LogP contribution is -2.06. The Bertz CT molecular complexity index is 1170. The van der Waals surface area contributed by atoms with Crippen molar-refractivity contribution in [3.05, 3.63) is 72.6 Å². The number of nitrogens with zero attached hydrogens (tertiary/aromatic N) is 3. The number of nitrogens with one attached hydrogen (secondary N) is 3. The second-order valence-corrected chi connectivity index (χ2v) is 6.64. The van der Waals surface area contributed by atoms with Crippen LogP contribution in [0.3, 0.4) is 0 Å². The summed E-state index contributed by atoms with van der Waals surface area (Å²) in [5.74, 6) is 1.10. The molecule has 0 unspecified atom stereocenters. The SMILES string of the molecule is CC(=O)Nc1ccc(Nc2nc(Nc3ccc4ncccc4c3)ncc2C)cc1. The van der Waals surface area contributed by atoms with Crippen LogP contribution in [0.15, 0.2) is 67.0 Å². The second-order valence-electron chi connectivity index (χ2n) is 6.64. The summed E-state index contributed by atoms with van der Waals surface area (Å²) in [4.78, 5) is 24.4. The summed E-state index contributed by atoms with van der Waals surface area (Å²) in [6, 6.07) is 17.3. The van der Waals surface area contributed by atoms with Crippen molar-refractivity contribution in [3.63, 3.8) is 0 Å². The van der Waals surface area contributed by atoms with Gasteiger partial charge in [0.2, 0.25) is 11.9 Å². The molecule has 144 valence electrons. The van der Waals surface area contributed by atoms with Crippen molar-refractivity contribution < 1.29 is 4.79 Å². The Morgan fingerprint density at radius 3 is 2.45 bits per heavy atom. The molecule has 0 atom stereocenters. The number of aromatic nitrogens is 3. The molecule has 3 N–H and O–H groups in total. The van der Waals surface area contributed by atoms with Crippen LogP contribution >= 0.6 is 0 Å². The van der Waals surface area contributed by atoms with E-state index in [0.29, 0.717) is 11.8 Å². The number of carbonyl (C=O) groups excluding carboxylic acids is 1. The maximum atomic E-state index is 11.1. The molecule has 7 nitrogen and oxygen atoms in total. The van der Waals surface area contributed by atoms with Crippen LogP contribution in [-0.4, -0.2) is 20.9 Å². The van der Waals surface area contributed by atoms with E-state index in [9.17, 15) is 4.79 Å². The predicted molar refractivity (Wildman–Crippen MR) is 116 cm³/mol. The standard InChI is InChI=1S/C22H20N6O/c1-14-13-24-22(27-19-9-10-20-16(12-19)4-3-11-23-20)28-21(14)26-18-7-5-17(6-8-18)25-15(2)29/h3-13H,1-2H3,(H,25,29)(H2,24,26,27,28). The van der Waals surface area contributed by atoms with E-state index in [1.807, 2.05) is 61.5 Å². The summed E-state index contributed by atoms with van der Waals surface area (Å²) in [5, 5.41) is 10.3. The van der Waals surface area contributed by atoms with Crippen molar-refractivity contribution in [1.82, 2.24) is 15.0 Å². The third kappa shape index (κ3) is 4.47. The fourth-order valence-electron chi connectivity index (χ4n) is 2.89. The molecule has 2 aromatic heterocycles. The maximum Gasteiger partial charge on any atom is 0.229 e. The van der Waals surface area contributed by atoms with E-state index in [-0.39, 0.29) is 5.91 Å². The van der Waals surface area contributed by atoms with Crippen molar-refractivity contribution >= 4 is 45.6 Å². The number of aryl methyl sites for hydroxylation is 1. The molecule has 7 heteroatoms. The molecule has 2 aromatic carbocycles. The van der Waals surface area contributed by atoms with E-state index >= 15 is 0 Å². The number of carbonyl (C=O) groups is 1. The molecule has 0 radical (unpaired) electrons. The Balaban J connectivity index is 1.53. The average molecular weight is 384 g/mol. The van der Waals surface area contributed by atoms with Crippen molar-refractivity contribution in [3.8, 4) is 0 Å². The van der Waals surface area contributed by atoms with Gasteiger partial charge in [0.1, 0.15) is 5.82 Å². The molecule has 4 aromatic rings. The molecule has 0 aliphatic carbocycles. The molecule has 0 bridgehead atoms. The molecule has 0 spiro atoms. The molecule has 4 rings (SSSR count). The van der Waals surface area contributed by atoms with Gasteiger partial charge in [0.05, 0.1) is 5.52 Å². The van der Waals surface area contributed by atoms with Crippen LogP contribution in [0, 0.1) is 6.92 Å². The van der Waals surface area contributed by atoms with Crippen LogP contribution in [0.1, 0.15) is 12.5 Å². The monoisotopic (exact) mass is 384 g/mol. The highest BCUT2D eigenvalue weighted by Gasteiger charge is 2.06. The number of amides is 1. The number of rotatable bonds is 5. The van der Waals surface area contributed by atoms with Gasteiger partial charge >= 0.3 is 0 Å². The van der Waals surface area contributed by atoms with E-state index in [0.717, 1.165) is 33.5 Å². The van der Waals surface area contributed by atoms with E-state index in [4.69, 9.17) is 0 Å². The topological polar surface area (TPSA) is 91.8 Å². The fraction of sp³-hybridized carbons (Fsp3) is 0.0909. The highest BCUT2D eigenvalue weighted by molar-refractivity contribution is 5.89. The number of benzene rings is 2. The van der Waals surface area contributed by atoms with Gasteiger partial charge < -0.3 is 16.0 Å². The first kappa shape index (κ1) is 18.4. The lowest BCUT2D eigenvalue weighted by atomic mass is 10.2. The zero-order valence-corrected chi connectivity index (χ0v) is 16.1. The average Bonchev–Trinajstić information content (AvgIpc) is 2.71. The summed E-state index contributed by atoms with van der Waals surface area (Å²) < 4.78 is 0. The van der Waals surface area contributed by atoms with Crippen molar-refractivity contribution in [2.24, 2.45) is 0 Å². The third-order valence-electron chi connectivity index (χ3n) is 4.30. The highest BCUT2D eigenvalue weighted by atomic mass is 16.1. The Morgan fingerprint density at radius 2 is 1.66 bits per heavy atom. The molecule has 1 amide bonds. The summed E-state index contributed by atoms with van der Waals surface area (Å²) in [5.41, 5.74) is 4.36. The van der Waals surface area contributed by atoms with Crippen molar-refractivity contribution in [2.45, 2.75) is 13.8 Å². The first-order valence-corrected chi connectivity index (χ1v) is 9.17. The van der Waals surface area contributed by atoms with Gasteiger partial charge in [0, 0.05) is 47.3 Å². The van der Waals surface area contributed by atoms with Gasteiger partial charge in [-0.1, -0.05) is 6.07 Å². The molecule has 0 aliphatic rings. The number of hydrogen-bond donors (Lipinski definition) is 3. The minimum absolute atomic E-state index is 0.0995. The second kappa shape index (κ2) is 7.93. The van der Waals surface area contributed by atoms with Crippen LogP contribution in [0.2, 0.25) is 0 Å². The highest BCUT2D eigenvalue weighted by Crippen LogP contribution is 2.23. The lowest BCUT2D eigenvalue weighted by molar-refractivity contribution is -0.114. The molecule has 0 saturated carbocycles. The van der Waals surface area contributed by atoms with Gasteiger partial charge in [0.15, 0.2) is 0 Å². The van der Waals surface area contributed by atoms with Crippen LogP contribution < -0.4 is 16.0 Å². The van der Waals surface area contributed by atoms with Crippen LogP contribution in [0.5, 0.6) is 0 Å². The first-order chi connectivity index (χ1) is 14.1. The van der Waals surface area contributed by atoms with Gasteiger partial charge in [-0.3, -0.25) is 9.78 Å². The molecule has 29 heavy (non-hydrogen) atoms. The normalized spacial score (nSPS) is 10.6. The Labute approximate surface area is 168 Å². The van der Waals surface area contributed by atoms with Crippen molar-refractivity contribution in [1.29, 1.82) is 0 Å². The predicted octanol–water partition coefficient (Wildman–Crippen LogP) is 4.78. The molecule has 2 heterocycles. The van der Waals surface area contributed by atoms with Gasteiger partial charge in [0.25, 0.3) is 0 Å². The lowest BCUT2D eigenvalue weighted by Gasteiger charge is -2.12. The molecule has 0 aliphatic heterocycles. The molecular weight excluding hydrogens is 364 g/mol. The Morgan fingerprint density at radius 1 is 0.897 bits per heavy atom. The summed E-state index contributed by atoms with van der Waals surface area (Å²) >= 11 is 0. The quantitative estimate of drug-likeness (QED) is 0.459. The van der Waals surface area contributed by atoms with Crippen LogP contribution in [0.4, 0.5) is 28.8 Å². The minimum Gasteiger partial charge on any atom is -0.340 e. The number of hydrogen-bond acceptors (Lipinski definition) is 6. The van der Waals surface area contributed by atoms with Gasteiger partial charge in [-0.2, -0.15) is 4.98 Å². The van der Waals surface area contributed by atoms with Gasteiger partial charge in [-0.25, -0.2) is 4.98 Å². The molecular formula is C22H20N6O. The fourth-order valence-corrected chi connectivity index (χ4v) is 2.89. The summed E-state index contributed by atoms with van der Waals surface area (Å²) in [7, 11) is 0. The smallest absolute Gasteiger partial charge is 0.229 e. The number of pyridine rings is 1. The van der Waals surface area contributed by atoms with Crippen LogP contribution in [-0.2, 0) is 4.79 Å². The third-order valence-corrected chi connectivity index (χ3v) is 4.30. The van der Waals surface area contributed by atoms with E-state index in [1.165, 1.54) is 6.92 Å². The zero-order valence-electron chi connectivity index (χ0n) is 16.1. The number of fused-ring (bicyclic) bond motifs is 1. The largest absolute Gasteiger partial charge is 0.340 e. The van der Waals surface area contributed by atoms with Crippen molar-refractivity contribution in [2.75, 3.05) is 16.0 Å².